The summed E-state index contributed by atoms with van der Waals surface area (Å²) in [5, 5.41) is 2.42. The Balaban J connectivity index is 1.67. The molecule has 0 radical (unpaired) electrons. The Morgan fingerprint density at radius 3 is 2.23 bits per heavy atom. The molecular formula is C23H24N2O6. The summed E-state index contributed by atoms with van der Waals surface area (Å²) in [5.41, 5.74) is 1.57. The van der Waals surface area contributed by atoms with Crippen LogP contribution in [0.15, 0.2) is 60.7 Å². The molecule has 1 saturated heterocycles. The van der Waals surface area contributed by atoms with Gasteiger partial charge in [0.1, 0.15) is 18.7 Å². The molecule has 8 heteroatoms. The van der Waals surface area contributed by atoms with Crippen molar-refractivity contribution in [2.45, 2.75) is 38.5 Å². The number of hydrogen-bond donors (Lipinski definition) is 1. The topological polar surface area (TPSA) is 102 Å². The maximum Gasteiger partial charge on any atom is 0.408 e. The summed E-state index contributed by atoms with van der Waals surface area (Å²) in [6.45, 7) is 1.80. The molecule has 3 rings (SSSR count). The van der Waals surface area contributed by atoms with Crippen molar-refractivity contribution in [1.29, 1.82) is 0 Å². The molecule has 2 aromatic rings. The number of esters is 1. The fourth-order valence-corrected chi connectivity index (χ4v) is 3.35. The lowest BCUT2D eigenvalue weighted by atomic mass is 10.0. The van der Waals surface area contributed by atoms with Gasteiger partial charge in [0.25, 0.3) is 5.91 Å². The highest BCUT2D eigenvalue weighted by Gasteiger charge is 2.46. The van der Waals surface area contributed by atoms with Crippen LogP contribution in [-0.2, 0) is 36.9 Å². The number of hydrogen-bond acceptors (Lipinski definition) is 6. The minimum absolute atomic E-state index is 0.0324. The van der Waals surface area contributed by atoms with Gasteiger partial charge in [0, 0.05) is 6.42 Å². The molecule has 2 unspecified atom stereocenters. The number of carbonyl (C=O) groups is 4. The van der Waals surface area contributed by atoms with Gasteiger partial charge in [-0.3, -0.25) is 14.5 Å². The largest absolute Gasteiger partial charge is 0.464 e. The minimum atomic E-state index is -1.10. The lowest BCUT2D eigenvalue weighted by Crippen LogP contribution is -2.50. The highest BCUT2D eigenvalue weighted by atomic mass is 16.5. The molecular weight excluding hydrogens is 400 g/mol. The maximum atomic E-state index is 12.9. The monoisotopic (exact) mass is 424 g/mol. The average molecular weight is 424 g/mol. The van der Waals surface area contributed by atoms with Gasteiger partial charge in [-0.15, -0.1) is 0 Å². The van der Waals surface area contributed by atoms with Crippen molar-refractivity contribution in [3.63, 3.8) is 0 Å². The smallest absolute Gasteiger partial charge is 0.408 e. The van der Waals surface area contributed by atoms with Crippen LogP contribution in [0, 0.1) is 0 Å². The number of alkyl carbamates (subject to hydrolysis) is 1. The lowest BCUT2D eigenvalue weighted by molar-refractivity contribution is -0.158. The summed E-state index contributed by atoms with van der Waals surface area (Å²) in [4.78, 5) is 51.0. The number of nitrogens with one attached hydrogen (secondary N) is 1. The molecule has 3 amide bonds. The molecule has 31 heavy (non-hydrogen) atoms. The molecule has 162 valence electrons. The van der Waals surface area contributed by atoms with E-state index in [9.17, 15) is 19.2 Å². The Bertz CT molecular complexity index is 932. The molecule has 1 aliphatic heterocycles. The van der Waals surface area contributed by atoms with E-state index in [2.05, 4.69) is 5.32 Å². The van der Waals surface area contributed by atoms with Gasteiger partial charge >= 0.3 is 12.1 Å². The van der Waals surface area contributed by atoms with Crippen LogP contribution >= 0.6 is 0 Å². The van der Waals surface area contributed by atoms with Crippen molar-refractivity contribution in [2.24, 2.45) is 0 Å². The number of amides is 3. The zero-order chi connectivity index (χ0) is 22.2. The predicted octanol–water partition coefficient (Wildman–Crippen LogP) is 2.21. The van der Waals surface area contributed by atoms with Crippen molar-refractivity contribution < 1.29 is 28.7 Å². The fourth-order valence-electron chi connectivity index (χ4n) is 3.35. The van der Waals surface area contributed by atoms with E-state index in [1.807, 2.05) is 24.3 Å². The summed E-state index contributed by atoms with van der Waals surface area (Å²) >= 11 is 0. The van der Waals surface area contributed by atoms with Crippen molar-refractivity contribution in [1.82, 2.24) is 10.2 Å². The SMILES string of the molecule is CCOC(=O)C(Cc1ccccc1)N1C(=O)CC(NC(=O)OCc2ccccc2)C1=O. The van der Waals surface area contributed by atoms with E-state index >= 15 is 0 Å². The molecule has 0 saturated carbocycles. The second-order valence-corrected chi connectivity index (χ2v) is 7.02. The molecule has 1 fully saturated rings. The van der Waals surface area contributed by atoms with Gasteiger partial charge in [-0.1, -0.05) is 60.7 Å². The Labute approximate surface area is 180 Å². The Morgan fingerprint density at radius 1 is 1.00 bits per heavy atom. The second-order valence-electron chi connectivity index (χ2n) is 7.02. The van der Waals surface area contributed by atoms with Gasteiger partial charge in [0.15, 0.2) is 0 Å². The summed E-state index contributed by atoms with van der Waals surface area (Å²) in [7, 11) is 0. The summed E-state index contributed by atoms with van der Waals surface area (Å²) in [6.07, 6.45) is -0.931. The first-order valence-corrected chi connectivity index (χ1v) is 10.0. The third-order valence-corrected chi connectivity index (χ3v) is 4.83. The molecule has 2 atom stereocenters. The number of rotatable bonds is 8. The van der Waals surface area contributed by atoms with Crippen molar-refractivity contribution in [3.05, 3.63) is 71.8 Å². The standard InChI is InChI=1S/C23H24N2O6/c1-2-30-22(28)19(13-16-9-5-3-6-10-16)25-20(26)14-18(21(25)27)24-23(29)31-15-17-11-7-4-8-12-17/h3-12,18-19H,2,13-15H2,1H3,(H,24,29). The number of imide groups is 1. The van der Waals surface area contributed by atoms with E-state index in [4.69, 9.17) is 9.47 Å². The molecule has 0 spiro atoms. The Kier molecular flexibility index (Phi) is 7.37. The van der Waals surface area contributed by atoms with Gasteiger partial charge in [0.2, 0.25) is 5.91 Å². The van der Waals surface area contributed by atoms with Crippen LogP contribution in [0.2, 0.25) is 0 Å². The van der Waals surface area contributed by atoms with E-state index in [0.717, 1.165) is 16.0 Å². The predicted molar refractivity (Wildman–Crippen MR) is 111 cm³/mol. The molecule has 0 aromatic heterocycles. The van der Waals surface area contributed by atoms with Crippen LogP contribution in [0.3, 0.4) is 0 Å². The van der Waals surface area contributed by atoms with Crippen LogP contribution in [0.25, 0.3) is 0 Å². The van der Waals surface area contributed by atoms with Gasteiger partial charge < -0.3 is 14.8 Å². The molecule has 1 heterocycles. The zero-order valence-corrected chi connectivity index (χ0v) is 17.2. The van der Waals surface area contributed by atoms with Gasteiger partial charge in [-0.05, 0) is 18.1 Å². The van der Waals surface area contributed by atoms with E-state index in [1.165, 1.54) is 0 Å². The van der Waals surface area contributed by atoms with Crippen LogP contribution in [0.5, 0.6) is 0 Å². The Morgan fingerprint density at radius 2 is 1.61 bits per heavy atom. The highest BCUT2D eigenvalue weighted by Crippen LogP contribution is 2.21. The fraction of sp³-hybridized carbons (Fsp3) is 0.304. The third-order valence-electron chi connectivity index (χ3n) is 4.83. The van der Waals surface area contributed by atoms with E-state index in [1.54, 1.807) is 43.3 Å². The molecule has 0 bridgehead atoms. The number of nitrogens with zero attached hydrogens (tertiary/aromatic N) is 1. The van der Waals surface area contributed by atoms with Crippen LogP contribution < -0.4 is 5.32 Å². The summed E-state index contributed by atoms with van der Waals surface area (Å²) in [6, 6.07) is 15.9. The Hall–Kier alpha value is -3.68. The maximum absolute atomic E-state index is 12.9. The molecule has 8 nitrogen and oxygen atoms in total. The lowest BCUT2D eigenvalue weighted by Gasteiger charge is -2.25. The minimum Gasteiger partial charge on any atom is -0.464 e. The van der Waals surface area contributed by atoms with Gasteiger partial charge in [-0.2, -0.15) is 0 Å². The highest BCUT2D eigenvalue weighted by molar-refractivity contribution is 6.09. The molecule has 0 aliphatic carbocycles. The molecule has 2 aromatic carbocycles. The third kappa shape index (κ3) is 5.69. The van der Waals surface area contributed by atoms with Crippen molar-refractivity contribution >= 4 is 23.9 Å². The van der Waals surface area contributed by atoms with E-state index in [-0.39, 0.29) is 26.1 Å². The second kappa shape index (κ2) is 10.4. The van der Waals surface area contributed by atoms with E-state index in [0.29, 0.717) is 0 Å². The van der Waals surface area contributed by atoms with E-state index < -0.39 is 36.0 Å². The quantitative estimate of drug-likeness (QED) is 0.515. The number of likely N-dealkylation sites (tertiary alicyclic amines) is 1. The first-order valence-electron chi connectivity index (χ1n) is 10.0. The number of benzene rings is 2. The molecule has 1 aliphatic rings. The number of ether oxygens (including phenoxy) is 2. The summed E-state index contributed by atoms with van der Waals surface area (Å²) in [5.74, 6) is -1.87. The van der Waals surface area contributed by atoms with Crippen LogP contribution in [0.1, 0.15) is 24.5 Å². The van der Waals surface area contributed by atoms with Gasteiger partial charge in [-0.25, -0.2) is 9.59 Å². The van der Waals surface area contributed by atoms with Crippen LogP contribution in [-0.4, -0.2) is 47.5 Å². The number of carbonyl (C=O) groups excluding carboxylic acids is 4. The first-order chi connectivity index (χ1) is 15.0. The summed E-state index contributed by atoms with van der Waals surface area (Å²) < 4.78 is 10.2. The zero-order valence-electron chi connectivity index (χ0n) is 17.2. The average Bonchev–Trinajstić information content (AvgIpc) is 3.05. The van der Waals surface area contributed by atoms with Crippen molar-refractivity contribution in [3.8, 4) is 0 Å². The van der Waals surface area contributed by atoms with Crippen LogP contribution in [0.4, 0.5) is 4.79 Å². The van der Waals surface area contributed by atoms with Crippen molar-refractivity contribution in [2.75, 3.05) is 6.61 Å². The van der Waals surface area contributed by atoms with Gasteiger partial charge in [0.05, 0.1) is 13.0 Å². The first kappa shape index (κ1) is 22.0. The normalized spacial score (nSPS) is 16.7. The molecule has 1 N–H and O–H groups in total.